The molecule has 1 heterocycles. The van der Waals surface area contributed by atoms with Gasteiger partial charge >= 0.3 is 0 Å². The topological polar surface area (TPSA) is 27.7 Å². The van der Waals surface area contributed by atoms with E-state index in [1.165, 1.54) is 12.0 Å². The molecule has 1 aliphatic heterocycles. The molecule has 1 spiro atoms. The third-order valence-electron chi connectivity index (χ3n) is 4.04. The van der Waals surface area contributed by atoms with E-state index in [0.29, 0.717) is 6.61 Å². The van der Waals surface area contributed by atoms with Gasteiger partial charge in [-0.25, -0.2) is 0 Å². The summed E-state index contributed by atoms with van der Waals surface area (Å²) in [5, 5.41) is 0. The monoisotopic (exact) mass is 260 g/mol. The molecule has 2 aliphatic rings. The van der Waals surface area contributed by atoms with Gasteiger partial charge in [-0.3, -0.25) is 0 Å². The average molecular weight is 260 g/mol. The van der Waals surface area contributed by atoms with Gasteiger partial charge in [0.15, 0.2) is 0 Å². The largest absolute Gasteiger partial charge is 0.497 e. The Labute approximate surface area is 114 Å². The number of hydrogen-bond donors (Lipinski definition) is 0. The molecular formula is C16H20O3. The van der Waals surface area contributed by atoms with Crippen molar-refractivity contribution in [2.24, 2.45) is 0 Å². The molecule has 0 radical (unpaired) electrons. The summed E-state index contributed by atoms with van der Waals surface area (Å²) in [5.41, 5.74) is 1.02. The van der Waals surface area contributed by atoms with Crippen LogP contribution >= 0.6 is 0 Å². The summed E-state index contributed by atoms with van der Waals surface area (Å²) in [5.74, 6) is 0.878. The number of methoxy groups -OCH3 is 1. The van der Waals surface area contributed by atoms with Crippen LogP contribution in [0.25, 0.3) is 0 Å². The van der Waals surface area contributed by atoms with Crippen LogP contribution in [-0.4, -0.2) is 25.4 Å². The van der Waals surface area contributed by atoms with Gasteiger partial charge in [-0.15, -0.1) is 0 Å². The van der Waals surface area contributed by atoms with E-state index >= 15 is 0 Å². The highest BCUT2D eigenvalue weighted by molar-refractivity contribution is 5.26. The van der Waals surface area contributed by atoms with Crippen molar-refractivity contribution in [2.75, 3.05) is 13.7 Å². The molecular weight excluding hydrogens is 240 g/mol. The molecule has 102 valence electrons. The van der Waals surface area contributed by atoms with Crippen LogP contribution in [0.4, 0.5) is 0 Å². The van der Waals surface area contributed by atoms with Gasteiger partial charge in [-0.1, -0.05) is 24.3 Å². The second-order valence-electron chi connectivity index (χ2n) is 5.21. The molecule has 0 amide bonds. The SMILES string of the molecule is COc1ccc(CO[C@H]2CCCC23C=CCO3)cc1. The van der Waals surface area contributed by atoms with Crippen molar-refractivity contribution in [3.63, 3.8) is 0 Å². The minimum absolute atomic E-state index is 0.146. The number of benzene rings is 1. The fraction of sp³-hybridized carbons (Fsp3) is 0.500. The molecule has 0 saturated heterocycles. The minimum Gasteiger partial charge on any atom is -0.497 e. The maximum Gasteiger partial charge on any atom is 0.118 e. The van der Waals surface area contributed by atoms with Gasteiger partial charge in [0.1, 0.15) is 11.4 Å². The summed E-state index contributed by atoms with van der Waals surface area (Å²) in [6.45, 7) is 1.36. The third-order valence-corrected chi connectivity index (χ3v) is 4.04. The summed E-state index contributed by atoms with van der Waals surface area (Å²) < 4.78 is 17.1. The van der Waals surface area contributed by atoms with Crippen LogP contribution in [0.15, 0.2) is 36.4 Å². The summed E-state index contributed by atoms with van der Waals surface area (Å²) >= 11 is 0. The first-order chi connectivity index (χ1) is 9.32. The van der Waals surface area contributed by atoms with E-state index in [4.69, 9.17) is 14.2 Å². The zero-order chi connectivity index (χ0) is 13.1. The Morgan fingerprint density at radius 1 is 1.32 bits per heavy atom. The quantitative estimate of drug-likeness (QED) is 0.779. The predicted octanol–water partition coefficient (Wildman–Crippen LogP) is 3.09. The van der Waals surface area contributed by atoms with Gasteiger partial charge in [0.05, 0.1) is 26.4 Å². The lowest BCUT2D eigenvalue weighted by Crippen LogP contribution is -2.37. The first-order valence-corrected chi connectivity index (χ1v) is 6.89. The van der Waals surface area contributed by atoms with Crippen molar-refractivity contribution in [3.8, 4) is 5.75 Å². The summed E-state index contributed by atoms with van der Waals surface area (Å²) in [7, 11) is 1.68. The molecule has 1 fully saturated rings. The Kier molecular flexibility index (Phi) is 3.58. The minimum atomic E-state index is -0.146. The first kappa shape index (κ1) is 12.7. The number of hydrogen-bond acceptors (Lipinski definition) is 3. The van der Waals surface area contributed by atoms with Gasteiger partial charge in [-0.05, 0) is 37.0 Å². The molecule has 1 aromatic rings. The summed E-state index contributed by atoms with van der Waals surface area (Å²) in [6, 6.07) is 8.03. The van der Waals surface area contributed by atoms with E-state index < -0.39 is 0 Å². The molecule has 1 aliphatic carbocycles. The van der Waals surface area contributed by atoms with E-state index in [2.05, 4.69) is 12.2 Å². The van der Waals surface area contributed by atoms with Gasteiger partial charge in [-0.2, -0.15) is 0 Å². The van der Waals surface area contributed by atoms with E-state index in [1.807, 2.05) is 24.3 Å². The van der Waals surface area contributed by atoms with Crippen molar-refractivity contribution in [3.05, 3.63) is 42.0 Å². The maximum atomic E-state index is 6.08. The van der Waals surface area contributed by atoms with Crippen molar-refractivity contribution in [1.29, 1.82) is 0 Å². The highest BCUT2D eigenvalue weighted by Crippen LogP contribution is 2.39. The molecule has 0 N–H and O–H groups in total. The van der Waals surface area contributed by atoms with Crippen LogP contribution in [0.3, 0.4) is 0 Å². The Morgan fingerprint density at radius 2 is 2.16 bits per heavy atom. The molecule has 3 rings (SSSR count). The van der Waals surface area contributed by atoms with E-state index in [-0.39, 0.29) is 11.7 Å². The molecule has 1 saturated carbocycles. The average Bonchev–Trinajstić information content (AvgIpc) is 3.08. The predicted molar refractivity (Wildman–Crippen MR) is 73.2 cm³/mol. The Morgan fingerprint density at radius 3 is 2.84 bits per heavy atom. The zero-order valence-electron chi connectivity index (χ0n) is 11.3. The second kappa shape index (κ2) is 5.35. The second-order valence-corrected chi connectivity index (χ2v) is 5.21. The van der Waals surface area contributed by atoms with Crippen molar-refractivity contribution < 1.29 is 14.2 Å². The molecule has 0 bridgehead atoms. The van der Waals surface area contributed by atoms with Crippen molar-refractivity contribution in [1.82, 2.24) is 0 Å². The van der Waals surface area contributed by atoms with Gasteiger partial charge in [0.25, 0.3) is 0 Å². The van der Waals surface area contributed by atoms with E-state index in [9.17, 15) is 0 Å². The lowest BCUT2D eigenvalue weighted by molar-refractivity contribution is -0.0905. The van der Waals surface area contributed by atoms with Gasteiger partial charge < -0.3 is 14.2 Å². The highest BCUT2D eigenvalue weighted by Gasteiger charge is 2.44. The molecule has 1 aromatic carbocycles. The van der Waals surface area contributed by atoms with Crippen LogP contribution in [0.2, 0.25) is 0 Å². The third kappa shape index (κ3) is 2.53. The van der Waals surface area contributed by atoms with Crippen LogP contribution in [0, 0.1) is 0 Å². The molecule has 2 atom stereocenters. The Hall–Kier alpha value is -1.32. The maximum absolute atomic E-state index is 6.08. The number of ether oxygens (including phenoxy) is 3. The van der Waals surface area contributed by atoms with Gasteiger partial charge in [0, 0.05) is 0 Å². The fourth-order valence-electron chi connectivity index (χ4n) is 2.97. The van der Waals surface area contributed by atoms with Crippen molar-refractivity contribution in [2.45, 2.75) is 37.6 Å². The Bertz CT molecular complexity index is 452. The lowest BCUT2D eigenvalue weighted by Gasteiger charge is -2.29. The van der Waals surface area contributed by atoms with Crippen LogP contribution in [-0.2, 0) is 16.1 Å². The molecule has 1 unspecified atom stereocenters. The highest BCUT2D eigenvalue weighted by atomic mass is 16.6. The number of rotatable bonds is 4. The van der Waals surface area contributed by atoms with Gasteiger partial charge in [0.2, 0.25) is 0 Å². The molecule has 3 nitrogen and oxygen atoms in total. The van der Waals surface area contributed by atoms with Crippen molar-refractivity contribution >= 4 is 0 Å². The van der Waals surface area contributed by atoms with Crippen LogP contribution < -0.4 is 4.74 Å². The van der Waals surface area contributed by atoms with Crippen LogP contribution in [0.1, 0.15) is 24.8 Å². The van der Waals surface area contributed by atoms with Crippen LogP contribution in [0.5, 0.6) is 5.75 Å². The standard InChI is InChI=1S/C16H20O3/c1-17-14-7-5-13(6-8-14)12-18-15-4-2-9-16(15)10-3-11-19-16/h3,5-8,10,15H,2,4,9,11-12H2,1H3/t15-,16?/m0/s1. The summed E-state index contributed by atoms with van der Waals surface area (Å²) in [6.07, 6.45) is 7.83. The summed E-state index contributed by atoms with van der Waals surface area (Å²) in [4.78, 5) is 0. The zero-order valence-corrected chi connectivity index (χ0v) is 11.3. The molecule has 0 aromatic heterocycles. The van der Waals surface area contributed by atoms with E-state index in [0.717, 1.165) is 25.2 Å². The Balaban J connectivity index is 1.60. The first-order valence-electron chi connectivity index (χ1n) is 6.89. The smallest absolute Gasteiger partial charge is 0.118 e. The van der Waals surface area contributed by atoms with E-state index in [1.54, 1.807) is 7.11 Å². The molecule has 19 heavy (non-hydrogen) atoms. The molecule has 3 heteroatoms. The normalized spacial score (nSPS) is 29.2. The lowest BCUT2D eigenvalue weighted by atomic mass is 10.0. The fourth-order valence-corrected chi connectivity index (χ4v) is 2.97.